The smallest absolute Gasteiger partial charge is 0.323 e. The largest absolute Gasteiger partial charge is 0.337 e. The maximum Gasteiger partial charge on any atom is 0.323 e. The number of hydrogen-bond donors (Lipinski definition) is 1. The molecule has 0 aromatic carbocycles. The molecule has 128 valence electrons. The zero-order chi connectivity index (χ0) is 17.1. The maximum absolute atomic E-state index is 12.9. The van der Waals surface area contributed by atoms with E-state index in [4.69, 9.17) is 0 Å². The van der Waals surface area contributed by atoms with Gasteiger partial charge in [0.15, 0.2) is 0 Å². The highest BCUT2D eigenvalue weighted by Crippen LogP contribution is 2.24. The number of imidazole rings is 1. The van der Waals surface area contributed by atoms with Crippen LogP contribution in [0.25, 0.3) is 0 Å². The first-order chi connectivity index (χ1) is 11.6. The Kier molecular flexibility index (Phi) is 4.75. The molecule has 0 aliphatic carbocycles. The Labute approximate surface area is 140 Å². The topological polar surface area (TPSA) is 66.3 Å². The highest BCUT2D eigenvalue weighted by molar-refractivity contribution is 5.88. The van der Waals surface area contributed by atoms with Crippen molar-refractivity contribution >= 4 is 11.8 Å². The number of halogens is 1. The second-order valence-electron chi connectivity index (χ2n) is 5.78. The molecule has 0 unspecified atom stereocenters. The van der Waals surface area contributed by atoms with Gasteiger partial charge in [-0.1, -0.05) is 6.92 Å². The van der Waals surface area contributed by atoms with Gasteiger partial charge in [-0.2, -0.15) is 0 Å². The van der Waals surface area contributed by atoms with E-state index in [2.05, 4.69) is 27.1 Å². The molecule has 3 heterocycles. The Morgan fingerprint density at radius 3 is 2.83 bits per heavy atom. The van der Waals surface area contributed by atoms with E-state index in [0.717, 1.165) is 25.1 Å². The van der Waals surface area contributed by atoms with Crippen LogP contribution in [0.2, 0.25) is 0 Å². The molecule has 0 bridgehead atoms. The van der Waals surface area contributed by atoms with Crippen molar-refractivity contribution in [2.24, 2.45) is 7.05 Å². The normalized spacial score (nSPS) is 18.6. The zero-order valence-electron chi connectivity index (χ0n) is 13.8. The molecular weight excluding hydrogens is 311 g/mol. The number of nitrogens with zero attached hydrogens (tertiary/aromatic N) is 5. The summed E-state index contributed by atoms with van der Waals surface area (Å²) in [6.07, 6.45) is 4.76. The van der Waals surface area contributed by atoms with Gasteiger partial charge in [-0.05, 0) is 18.7 Å². The number of aryl methyl sites for hydroxylation is 1. The van der Waals surface area contributed by atoms with Crippen LogP contribution in [0.4, 0.5) is 15.0 Å². The van der Waals surface area contributed by atoms with Gasteiger partial charge >= 0.3 is 6.03 Å². The fraction of sp³-hybridized carbons (Fsp3) is 0.438. The van der Waals surface area contributed by atoms with Crippen LogP contribution in [0.1, 0.15) is 18.8 Å². The van der Waals surface area contributed by atoms with Crippen LogP contribution in [0.15, 0.2) is 30.7 Å². The summed E-state index contributed by atoms with van der Waals surface area (Å²) in [6, 6.07) is 2.54. The molecule has 3 rings (SSSR count). The second-order valence-corrected chi connectivity index (χ2v) is 5.78. The summed E-state index contributed by atoms with van der Waals surface area (Å²) < 4.78 is 14.9. The fourth-order valence-corrected chi connectivity index (χ4v) is 2.97. The maximum atomic E-state index is 12.9. The van der Waals surface area contributed by atoms with Crippen molar-refractivity contribution in [1.82, 2.24) is 24.3 Å². The number of nitrogens with one attached hydrogen (secondary N) is 1. The molecule has 1 atom stereocenters. The minimum atomic E-state index is -0.431. The molecule has 0 radical (unpaired) electrons. The minimum absolute atomic E-state index is 0.0516. The molecule has 2 aromatic rings. The number of piperazine rings is 1. The van der Waals surface area contributed by atoms with E-state index in [1.165, 1.54) is 12.1 Å². The lowest BCUT2D eigenvalue weighted by Gasteiger charge is -2.40. The molecule has 8 heteroatoms. The van der Waals surface area contributed by atoms with Gasteiger partial charge in [0.05, 0.1) is 12.2 Å². The minimum Gasteiger partial charge on any atom is -0.337 e. The van der Waals surface area contributed by atoms with Crippen LogP contribution in [-0.4, -0.2) is 56.5 Å². The Bertz CT molecular complexity index is 701. The molecule has 2 aromatic heterocycles. The van der Waals surface area contributed by atoms with Gasteiger partial charge in [0.1, 0.15) is 17.5 Å². The number of aromatic nitrogens is 3. The predicted octanol–water partition coefficient (Wildman–Crippen LogP) is 1.86. The molecule has 1 fully saturated rings. The number of rotatable bonds is 3. The van der Waals surface area contributed by atoms with Gasteiger partial charge in [0.25, 0.3) is 0 Å². The molecule has 0 spiro atoms. The molecule has 24 heavy (non-hydrogen) atoms. The van der Waals surface area contributed by atoms with E-state index in [-0.39, 0.29) is 12.1 Å². The van der Waals surface area contributed by atoms with E-state index in [1.807, 2.05) is 17.8 Å². The van der Waals surface area contributed by atoms with E-state index < -0.39 is 5.82 Å². The van der Waals surface area contributed by atoms with Crippen molar-refractivity contribution in [2.75, 3.05) is 31.5 Å². The molecule has 1 aliphatic rings. The van der Waals surface area contributed by atoms with Crippen LogP contribution >= 0.6 is 0 Å². The number of anilines is 1. The summed E-state index contributed by atoms with van der Waals surface area (Å²) in [7, 11) is 1.96. The second kappa shape index (κ2) is 6.96. The van der Waals surface area contributed by atoms with E-state index in [9.17, 15) is 9.18 Å². The van der Waals surface area contributed by atoms with E-state index in [1.54, 1.807) is 11.1 Å². The third-order valence-corrected chi connectivity index (χ3v) is 4.30. The van der Waals surface area contributed by atoms with Gasteiger partial charge in [0, 0.05) is 39.1 Å². The summed E-state index contributed by atoms with van der Waals surface area (Å²) in [5.41, 5.74) is 0. The van der Waals surface area contributed by atoms with E-state index in [0.29, 0.717) is 18.9 Å². The SMILES string of the molecule is CCN1CCN(C(=O)Nc2ccc(F)cn2)C[C@@H]1c1nccn1C. The zero-order valence-corrected chi connectivity index (χ0v) is 13.8. The third kappa shape index (κ3) is 3.38. The monoisotopic (exact) mass is 332 g/mol. The van der Waals surface area contributed by atoms with Crippen LogP contribution in [-0.2, 0) is 7.05 Å². The average Bonchev–Trinajstić information content (AvgIpc) is 3.02. The first-order valence-corrected chi connectivity index (χ1v) is 7.97. The van der Waals surface area contributed by atoms with Crippen LogP contribution in [0, 0.1) is 5.82 Å². The van der Waals surface area contributed by atoms with Gasteiger partial charge < -0.3 is 9.47 Å². The molecule has 0 saturated carbocycles. The molecule has 1 saturated heterocycles. The Hall–Kier alpha value is -2.48. The van der Waals surface area contributed by atoms with Crippen molar-refractivity contribution in [3.05, 3.63) is 42.4 Å². The van der Waals surface area contributed by atoms with Crippen LogP contribution < -0.4 is 5.32 Å². The van der Waals surface area contributed by atoms with Crippen molar-refractivity contribution in [3.8, 4) is 0 Å². The highest BCUT2D eigenvalue weighted by atomic mass is 19.1. The summed E-state index contributed by atoms with van der Waals surface area (Å²) in [4.78, 5) is 24.8. The predicted molar refractivity (Wildman–Crippen MR) is 88.0 cm³/mol. The standard InChI is InChI=1S/C16H21FN6O/c1-3-22-8-9-23(11-13(22)15-18-6-7-21(15)2)16(24)20-14-5-4-12(17)10-19-14/h4-7,10,13H,3,8-9,11H2,1-2H3,(H,19,20,24)/t13-/m1/s1. The quantitative estimate of drug-likeness (QED) is 0.932. The summed E-state index contributed by atoms with van der Waals surface area (Å²) in [5, 5.41) is 2.72. The average molecular weight is 332 g/mol. The number of amides is 2. The lowest BCUT2D eigenvalue weighted by molar-refractivity contribution is 0.0926. The van der Waals surface area contributed by atoms with Crippen molar-refractivity contribution in [3.63, 3.8) is 0 Å². The van der Waals surface area contributed by atoms with Gasteiger partial charge in [-0.15, -0.1) is 0 Å². The number of hydrogen-bond acceptors (Lipinski definition) is 4. The van der Waals surface area contributed by atoms with Gasteiger partial charge in [-0.3, -0.25) is 10.2 Å². The molecule has 1 N–H and O–H groups in total. The molecule has 7 nitrogen and oxygen atoms in total. The number of carbonyl (C=O) groups excluding carboxylic acids is 1. The van der Waals surface area contributed by atoms with Gasteiger partial charge in [-0.25, -0.2) is 19.2 Å². The number of pyridine rings is 1. The first kappa shape index (κ1) is 16.4. The first-order valence-electron chi connectivity index (χ1n) is 7.97. The number of urea groups is 1. The molecule has 1 aliphatic heterocycles. The lowest BCUT2D eigenvalue weighted by Crippen LogP contribution is -2.52. The summed E-state index contributed by atoms with van der Waals surface area (Å²) in [5.74, 6) is 0.849. The number of carbonyl (C=O) groups is 1. The van der Waals surface area contributed by atoms with E-state index >= 15 is 0 Å². The van der Waals surface area contributed by atoms with Crippen molar-refractivity contribution in [1.29, 1.82) is 0 Å². The van der Waals surface area contributed by atoms with Gasteiger partial charge in [0.2, 0.25) is 0 Å². The fourth-order valence-electron chi connectivity index (χ4n) is 2.97. The Morgan fingerprint density at radius 1 is 1.38 bits per heavy atom. The Morgan fingerprint density at radius 2 is 2.21 bits per heavy atom. The molecular formula is C16H21FN6O. The van der Waals surface area contributed by atoms with Crippen LogP contribution in [0.5, 0.6) is 0 Å². The summed E-state index contributed by atoms with van der Waals surface area (Å²) >= 11 is 0. The summed E-state index contributed by atoms with van der Waals surface area (Å²) in [6.45, 7) is 4.95. The highest BCUT2D eigenvalue weighted by Gasteiger charge is 2.32. The number of likely N-dealkylation sites (N-methyl/N-ethyl adjacent to an activating group) is 1. The Balaban J connectivity index is 1.71. The van der Waals surface area contributed by atoms with Crippen molar-refractivity contribution in [2.45, 2.75) is 13.0 Å². The van der Waals surface area contributed by atoms with Crippen LogP contribution in [0.3, 0.4) is 0 Å². The van der Waals surface area contributed by atoms with Crippen molar-refractivity contribution < 1.29 is 9.18 Å². The third-order valence-electron chi connectivity index (χ3n) is 4.30. The molecule has 2 amide bonds. The lowest BCUT2D eigenvalue weighted by atomic mass is 10.1.